The van der Waals surface area contributed by atoms with Crippen LogP contribution >= 0.6 is 0 Å². The molecule has 3 aromatic rings. The Bertz CT molecular complexity index is 739. The zero-order chi connectivity index (χ0) is 13.2. The standard InChI is InChI=1S/C14H13N5/c1-9-5-6-10-3-2-4-11(13(10)17-9)18-14-16-8-7-12(15)19-14/h2-8H,1H3,(H3,15,16,18,19). The molecule has 0 saturated carbocycles. The number of aromatic nitrogens is 3. The predicted octanol–water partition coefficient (Wildman–Crippen LogP) is 2.66. The minimum atomic E-state index is 0.432. The molecule has 94 valence electrons. The van der Waals surface area contributed by atoms with Crippen molar-refractivity contribution in [1.82, 2.24) is 15.0 Å². The summed E-state index contributed by atoms with van der Waals surface area (Å²) in [6.07, 6.45) is 1.62. The third-order valence-corrected chi connectivity index (χ3v) is 2.78. The van der Waals surface area contributed by atoms with E-state index in [9.17, 15) is 0 Å². The van der Waals surface area contributed by atoms with Crippen molar-refractivity contribution in [3.8, 4) is 0 Å². The van der Waals surface area contributed by atoms with Crippen LogP contribution in [0.3, 0.4) is 0 Å². The number of pyridine rings is 1. The number of nitrogens with two attached hydrogens (primary N) is 1. The summed E-state index contributed by atoms with van der Waals surface area (Å²) in [6.45, 7) is 1.97. The number of benzene rings is 1. The first-order valence-corrected chi connectivity index (χ1v) is 5.94. The molecule has 0 aliphatic carbocycles. The maximum atomic E-state index is 5.64. The molecule has 0 unspecified atom stereocenters. The minimum Gasteiger partial charge on any atom is -0.384 e. The van der Waals surface area contributed by atoms with Gasteiger partial charge in [0.2, 0.25) is 5.95 Å². The number of nitrogens with one attached hydrogen (secondary N) is 1. The lowest BCUT2D eigenvalue weighted by atomic mass is 10.2. The smallest absolute Gasteiger partial charge is 0.229 e. The zero-order valence-corrected chi connectivity index (χ0v) is 10.5. The van der Waals surface area contributed by atoms with Gasteiger partial charge in [0.25, 0.3) is 0 Å². The fourth-order valence-electron chi connectivity index (χ4n) is 1.90. The molecule has 19 heavy (non-hydrogen) atoms. The van der Waals surface area contributed by atoms with Crippen LogP contribution in [-0.2, 0) is 0 Å². The Hall–Kier alpha value is -2.69. The predicted molar refractivity (Wildman–Crippen MR) is 76.2 cm³/mol. The molecule has 0 radical (unpaired) electrons. The molecule has 2 heterocycles. The normalized spacial score (nSPS) is 10.6. The van der Waals surface area contributed by atoms with Crippen molar-refractivity contribution in [2.75, 3.05) is 11.1 Å². The number of anilines is 3. The van der Waals surface area contributed by atoms with Crippen LogP contribution in [-0.4, -0.2) is 15.0 Å². The van der Waals surface area contributed by atoms with Gasteiger partial charge in [0.15, 0.2) is 0 Å². The van der Waals surface area contributed by atoms with E-state index < -0.39 is 0 Å². The van der Waals surface area contributed by atoms with Gasteiger partial charge in [0.1, 0.15) is 5.82 Å². The molecule has 3 rings (SSSR count). The Morgan fingerprint density at radius 3 is 2.79 bits per heavy atom. The quantitative estimate of drug-likeness (QED) is 0.732. The van der Waals surface area contributed by atoms with Gasteiger partial charge in [-0.1, -0.05) is 18.2 Å². The van der Waals surface area contributed by atoms with Gasteiger partial charge in [-0.3, -0.25) is 4.98 Å². The van der Waals surface area contributed by atoms with Gasteiger partial charge in [-0.25, -0.2) is 4.98 Å². The Balaban J connectivity index is 2.07. The number of nitrogen functional groups attached to an aromatic ring is 1. The molecule has 0 fully saturated rings. The van der Waals surface area contributed by atoms with Gasteiger partial charge < -0.3 is 11.1 Å². The highest BCUT2D eigenvalue weighted by molar-refractivity contribution is 5.91. The van der Waals surface area contributed by atoms with Crippen LogP contribution in [0.2, 0.25) is 0 Å². The Morgan fingerprint density at radius 2 is 1.95 bits per heavy atom. The summed E-state index contributed by atoms with van der Waals surface area (Å²) in [4.78, 5) is 12.8. The number of para-hydroxylation sites is 1. The summed E-state index contributed by atoms with van der Waals surface area (Å²) >= 11 is 0. The first-order chi connectivity index (χ1) is 9.22. The van der Waals surface area contributed by atoms with Crippen molar-refractivity contribution < 1.29 is 0 Å². The molecule has 0 spiro atoms. The minimum absolute atomic E-state index is 0.432. The highest BCUT2D eigenvalue weighted by Gasteiger charge is 2.04. The van der Waals surface area contributed by atoms with Crippen LogP contribution in [0.4, 0.5) is 17.5 Å². The number of aryl methyl sites for hydroxylation is 1. The fraction of sp³-hybridized carbons (Fsp3) is 0.0714. The summed E-state index contributed by atoms with van der Waals surface area (Å²) in [6, 6.07) is 11.6. The topological polar surface area (TPSA) is 76.7 Å². The third-order valence-electron chi connectivity index (χ3n) is 2.78. The van der Waals surface area contributed by atoms with E-state index in [-0.39, 0.29) is 0 Å². The number of nitrogens with zero attached hydrogens (tertiary/aromatic N) is 3. The number of hydrogen-bond donors (Lipinski definition) is 2. The Morgan fingerprint density at radius 1 is 1.05 bits per heavy atom. The number of fused-ring (bicyclic) bond motifs is 1. The van der Waals surface area contributed by atoms with Crippen molar-refractivity contribution in [2.24, 2.45) is 0 Å². The summed E-state index contributed by atoms with van der Waals surface area (Å²) < 4.78 is 0. The molecule has 3 N–H and O–H groups in total. The van der Waals surface area contributed by atoms with Gasteiger partial charge in [0.05, 0.1) is 11.2 Å². The molecule has 5 heteroatoms. The van der Waals surface area contributed by atoms with E-state index in [1.807, 2.05) is 37.3 Å². The first-order valence-electron chi connectivity index (χ1n) is 5.94. The van der Waals surface area contributed by atoms with E-state index in [4.69, 9.17) is 5.73 Å². The van der Waals surface area contributed by atoms with Crippen molar-refractivity contribution >= 4 is 28.4 Å². The molecule has 0 saturated heterocycles. The van der Waals surface area contributed by atoms with Crippen LogP contribution in [0.1, 0.15) is 5.69 Å². The molecule has 0 aliphatic heterocycles. The molecule has 0 aliphatic rings. The number of hydrogen-bond acceptors (Lipinski definition) is 5. The average molecular weight is 251 g/mol. The molecule has 2 aromatic heterocycles. The maximum absolute atomic E-state index is 5.64. The third kappa shape index (κ3) is 2.30. The monoisotopic (exact) mass is 251 g/mol. The van der Waals surface area contributed by atoms with E-state index in [2.05, 4.69) is 20.3 Å². The van der Waals surface area contributed by atoms with E-state index in [1.54, 1.807) is 12.3 Å². The first kappa shape index (κ1) is 11.4. The van der Waals surface area contributed by atoms with Gasteiger partial charge in [0, 0.05) is 17.3 Å². The highest BCUT2D eigenvalue weighted by Crippen LogP contribution is 2.23. The number of rotatable bonds is 2. The lowest BCUT2D eigenvalue weighted by molar-refractivity contribution is 1.17. The molecule has 0 atom stereocenters. The lowest BCUT2D eigenvalue weighted by Gasteiger charge is -2.08. The Kier molecular flexibility index (Phi) is 2.72. The average Bonchev–Trinajstić information content (AvgIpc) is 2.39. The van der Waals surface area contributed by atoms with Crippen LogP contribution in [0, 0.1) is 6.92 Å². The van der Waals surface area contributed by atoms with E-state index in [0.29, 0.717) is 11.8 Å². The molecule has 1 aromatic carbocycles. The summed E-state index contributed by atoms with van der Waals surface area (Å²) in [5, 5.41) is 4.22. The van der Waals surface area contributed by atoms with Gasteiger partial charge in [-0.05, 0) is 25.1 Å². The second kappa shape index (κ2) is 4.53. The van der Waals surface area contributed by atoms with Gasteiger partial charge >= 0.3 is 0 Å². The van der Waals surface area contributed by atoms with Crippen LogP contribution in [0.15, 0.2) is 42.6 Å². The second-order valence-electron chi connectivity index (χ2n) is 4.26. The summed E-state index contributed by atoms with van der Waals surface area (Å²) in [5.74, 6) is 0.901. The fourth-order valence-corrected chi connectivity index (χ4v) is 1.90. The van der Waals surface area contributed by atoms with Crippen molar-refractivity contribution in [2.45, 2.75) is 6.92 Å². The SMILES string of the molecule is Cc1ccc2cccc(Nc3nccc(N)n3)c2n1. The molecular weight excluding hydrogens is 238 g/mol. The summed E-state index contributed by atoms with van der Waals surface area (Å²) in [7, 11) is 0. The van der Waals surface area contributed by atoms with E-state index in [1.165, 1.54) is 0 Å². The van der Waals surface area contributed by atoms with Crippen molar-refractivity contribution in [3.05, 3.63) is 48.3 Å². The van der Waals surface area contributed by atoms with Crippen molar-refractivity contribution in [1.29, 1.82) is 0 Å². The molecule has 5 nitrogen and oxygen atoms in total. The van der Waals surface area contributed by atoms with Crippen LogP contribution in [0.25, 0.3) is 10.9 Å². The lowest BCUT2D eigenvalue weighted by Crippen LogP contribution is -2.00. The molecular formula is C14H13N5. The zero-order valence-electron chi connectivity index (χ0n) is 10.5. The van der Waals surface area contributed by atoms with Crippen LogP contribution < -0.4 is 11.1 Å². The highest BCUT2D eigenvalue weighted by atomic mass is 15.1. The largest absolute Gasteiger partial charge is 0.384 e. The second-order valence-corrected chi connectivity index (χ2v) is 4.26. The molecule has 0 amide bonds. The maximum Gasteiger partial charge on any atom is 0.229 e. The van der Waals surface area contributed by atoms with E-state index in [0.717, 1.165) is 22.3 Å². The Labute approximate surface area is 110 Å². The van der Waals surface area contributed by atoms with E-state index >= 15 is 0 Å². The summed E-state index contributed by atoms with van der Waals surface area (Å²) in [5.41, 5.74) is 8.37. The van der Waals surface area contributed by atoms with Gasteiger partial charge in [-0.2, -0.15) is 4.98 Å². The van der Waals surface area contributed by atoms with Gasteiger partial charge in [-0.15, -0.1) is 0 Å². The van der Waals surface area contributed by atoms with Crippen LogP contribution in [0.5, 0.6) is 0 Å². The van der Waals surface area contributed by atoms with Crippen molar-refractivity contribution in [3.63, 3.8) is 0 Å². The molecule has 0 bridgehead atoms.